The number of hydrogen-bond donors (Lipinski definition) is 4. The molecule has 8 heteroatoms. The van der Waals surface area contributed by atoms with Gasteiger partial charge in [0.2, 0.25) is 15.9 Å². The van der Waals surface area contributed by atoms with Gasteiger partial charge in [0.25, 0.3) is 0 Å². The van der Waals surface area contributed by atoms with Crippen molar-refractivity contribution in [3.05, 3.63) is 30.3 Å². The molecular formula is C15H24N2O5S. The Morgan fingerprint density at radius 3 is 2.26 bits per heavy atom. The molecule has 1 aromatic rings. The van der Waals surface area contributed by atoms with Crippen LogP contribution < -0.4 is 10.0 Å². The largest absolute Gasteiger partial charge is 0.393 e. The minimum atomic E-state index is -3.62. The number of amides is 1. The van der Waals surface area contributed by atoms with Crippen molar-refractivity contribution in [2.24, 2.45) is 5.41 Å². The van der Waals surface area contributed by atoms with E-state index in [0.717, 1.165) is 0 Å². The van der Waals surface area contributed by atoms with Crippen LogP contribution in [0, 0.1) is 5.41 Å². The van der Waals surface area contributed by atoms with Gasteiger partial charge in [0, 0.05) is 18.5 Å². The Morgan fingerprint density at radius 2 is 1.74 bits per heavy atom. The molecule has 23 heavy (non-hydrogen) atoms. The molecule has 4 N–H and O–H groups in total. The fourth-order valence-corrected chi connectivity index (χ4v) is 2.77. The molecule has 0 saturated heterocycles. The van der Waals surface area contributed by atoms with Gasteiger partial charge in [-0.15, -0.1) is 0 Å². The molecule has 0 aromatic heterocycles. The molecule has 0 aliphatic carbocycles. The molecule has 2 unspecified atom stereocenters. The summed E-state index contributed by atoms with van der Waals surface area (Å²) in [4.78, 5) is 12.0. The molecule has 0 heterocycles. The second-order valence-corrected chi connectivity index (χ2v) is 7.67. The topological polar surface area (TPSA) is 116 Å². The molecule has 1 aromatic carbocycles. The van der Waals surface area contributed by atoms with Gasteiger partial charge in [-0.3, -0.25) is 4.79 Å². The smallest absolute Gasteiger partial charge is 0.249 e. The molecule has 1 amide bonds. The number of benzene rings is 1. The Balaban J connectivity index is 2.48. The van der Waals surface area contributed by atoms with Gasteiger partial charge in [-0.1, -0.05) is 32.0 Å². The molecule has 130 valence electrons. The summed E-state index contributed by atoms with van der Waals surface area (Å²) in [6.07, 6.45) is -2.27. The Morgan fingerprint density at radius 1 is 1.17 bits per heavy atom. The third kappa shape index (κ3) is 5.28. The van der Waals surface area contributed by atoms with Gasteiger partial charge in [-0.2, -0.15) is 0 Å². The maximum atomic E-state index is 12.0. The molecular weight excluding hydrogens is 320 g/mol. The summed E-state index contributed by atoms with van der Waals surface area (Å²) in [5.41, 5.74) is -1.01. The Bertz CT molecular complexity index is 614. The molecule has 0 saturated carbocycles. The normalized spacial score (nSPS) is 15.0. The van der Waals surface area contributed by atoms with Crippen molar-refractivity contribution >= 4 is 15.9 Å². The zero-order valence-corrected chi connectivity index (χ0v) is 14.3. The lowest BCUT2D eigenvalue weighted by Gasteiger charge is -2.32. The maximum absolute atomic E-state index is 12.0. The minimum absolute atomic E-state index is 0.00913. The van der Waals surface area contributed by atoms with Crippen molar-refractivity contribution < 1.29 is 23.4 Å². The second kappa shape index (κ2) is 7.87. The monoisotopic (exact) mass is 344 g/mol. The predicted octanol–water partition coefficient (Wildman–Crippen LogP) is -0.151. The summed E-state index contributed by atoms with van der Waals surface area (Å²) in [5.74, 6) is -0.658. The van der Waals surface area contributed by atoms with Crippen LogP contribution in [0.1, 0.15) is 20.8 Å². The van der Waals surface area contributed by atoms with E-state index in [4.69, 9.17) is 0 Å². The van der Waals surface area contributed by atoms with E-state index in [2.05, 4.69) is 10.0 Å². The van der Waals surface area contributed by atoms with E-state index in [0.29, 0.717) is 0 Å². The molecule has 0 bridgehead atoms. The first kappa shape index (κ1) is 19.6. The molecule has 2 atom stereocenters. The van der Waals surface area contributed by atoms with Crippen LogP contribution in [0.2, 0.25) is 0 Å². The SMILES string of the molecule is CC(O)C(C)(C)C(O)C(=O)NCCNS(=O)(=O)c1ccccc1. The molecule has 0 fully saturated rings. The zero-order valence-electron chi connectivity index (χ0n) is 13.5. The van der Waals surface area contributed by atoms with E-state index in [1.165, 1.54) is 19.1 Å². The van der Waals surface area contributed by atoms with Crippen LogP contribution in [-0.4, -0.2) is 49.8 Å². The van der Waals surface area contributed by atoms with Crippen molar-refractivity contribution in [1.82, 2.24) is 10.0 Å². The van der Waals surface area contributed by atoms with Gasteiger partial charge in [0.1, 0.15) is 6.10 Å². The summed E-state index contributed by atoms with van der Waals surface area (Å²) in [7, 11) is -3.62. The fraction of sp³-hybridized carbons (Fsp3) is 0.533. The van der Waals surface area contributed by atoms with Crippen molar-refractivity contribution in [2.75, 3.05) is 13.1 Å². The van der Waals surface area contributed by atoms with Crippen LogP contribution in [0.25, 0.3) is 0 Å². The summed E-state index contributed by atoms with van der Waals surface area (Å²) < 4.78 is 26.3. The van der Waals surface area contributed by atoms with Gasteiger partial charge in [0.15, 0.2) is 0 Å². The van der Waals surface area contributed by atoms with E-state index >= 15 is 0 Å². The van der Waals surface area contributed by atoms with Gasteiger partial charge < -0.3 is 15.5 Å². The highest BCUT2D eigenvalue weighted by Gasteiger charge is 2.37. The summed E-state index contributed by atoms with van der Waals surface area (Å²) in [6, 6.07) is 7.88. The first-order chi connectivity index (χ1) is 10.6. The minimum Gasteiger partial charge on any atom is -0.393 e. The number of carbonyl (C=O) groups is 1. The number of sulfonamides is 1. The summed E-state index contributed by atoms with van der Waals surface area (Å²) in [6.45, 7) is 4.65. The lowest BCUT2D eigenvalue weighted by Crippen LogP contribution is -2.49. The second-order valence-electron chi connectivity index (χ2n) is 5.90. The Kier molecular flexibility index (Phi) is 6.69. The Hall–Kier alpha value is -1.48. The van der Waals surface area contributed by atoms with Crippen LogP contribution in [0.15, 0.2) is 35.2 Å². The first-order valence-electron chi connectivity index (χ1n) is 7.27. The summed E-state index contributed by atoms with van der Waals surface area (Å²) >= 11 is 0. The molecule has 0 radical (unpaired) electrons. The van der Waals surface area contributed by atoms with Crippen LogP contribution in [0.3, 0.4) is 0 Å². The van der Waals surface area contributed by atoms with Crippen LogP contribution in [-0.2, 0) is 14.8 Å². The lowest BCUT2D eigenvalue weighted by molar-refractivity contribution is -0.140. The number of nitrogens with one attached hydrogen (secondary N) is 2. The molecule has 1 rings (SSSR count). The molecule has 0 aliphatic rings. The van der Waals surface area contributed by atoms with E-state index in [1.807, 2.05) is 0 Å². The van der Waals surface area contributed by atoms with Gasteiger partial charge in [0.05, 0.1) is 11.0 Å². The molecule has 0 aliphatic heterocycles. The highest BCUT2D eigenvalue weighted by molar-refractivity contribution is 7.89. The highest BCUT2D eigenvalue weighted by Crippen LogP contribution is 2.25. The quantitative estimate of drug-likeness (QED) is 0.490. The maximum Gasteiger partial charge on any atom is 0.249 e. The third-order valence-electron chi connectivity index (χ3n) is 3.80. The van der Waals surface area contributed by atoms with Crippen molar-refractivity contribution in [1.29, 1.82) is 0 Å². The van der Waals surface area contributed by atoms with Crippen LogP contribution in [0.5, 0.6) is 0 Å². The van der Waals surface area contributed by atoms with Crippen molar-refractivity contribution in [3.8, 4) is 0 Å². The molecule has 0 spiro atoms. The average Bonchev–Trinajstić information content (AvgIpc) is 2.51. The van der Waals surface area contributed by atoms with Crippen molar-refractivity contribution in [3.63, 3.8) is 0 Å². The Labute approximate surface area is 136 Å². The highest BCUT2D eigenvalue weighted by atomic mass is 32.2. The van der Waals surface area contributed by atoms with Crippen LogP contribution in [0.4, 0.5) is 0 Å². The number of hydrogen-bond acceptors (Lipinski definition) is 5. The fourth-order valence-electron chi connectivity index (χ4n) is 1.72. The number of aliphatic hydroxyl groups is 2. The molecule has 7 nitrogen and oxygen atoms in total. The number of rotatable bonds is 8. The van der Waals surface area contributed by atoms with Gasteiger partial charge >= 0.3 is 0 Å². The van der Waals surface area contributed by atoms with E-state index < -0.39 is 33.6 Å². The number of aliphatic hydroxyl groups excluding tert-OH is 2. The van der Waals surface area contributed by atoms with E-state index in [1.54, 1.807) is 32.0 Å². The van der Waals surface area contributed by atoms with Gasteiger partial charge in [-0.05, 0) is 19.1 Å². The third-order valence-corrected chi connectivity index (χ3v) is 5.28. The van der Waals surface area contributed by atoms with Crippen molar-refractivity contribution in [2.45, 2.75) is 37.9 Å². The van der Waals surface area contributed by atoms with E-state index in [-0.39, 0.29) is 18.0 Å². The predicted molar refractivity (Wildman–Crippen MR) is 86.1 cm³/mol. The van der Waals surface area contributed by atoms with Gasteiger partial charge in [-0.25, -0.2) is 13.1 Å². The number of carbonyl (C=O) groups excluding carboxylic acids is 1. The average molecular weight is 344 g/mol. The standard InChI is InChI=1S/C15H24N2O5S/c1-11(18)15(2,3)13(19)14(20)16-9-10-17-23(21,22)12-7-5-4-6-8-12/h4-8,11,13,17-19H,9-10H2,1-3H3,(H,16,20). The summed E-state index contributed by atoms with van der Waals surface area (Å²) in [5, 5.41) is 22.0. The van der Waals surface area contributed by atoms with E-state index in [9.17, 15) is 23.4 Å². The van der Waals surface area contributed by atoms with Crippen LogP contribution >= 0.6 is 0 Å². The zero-order chi connectivity index (χ0) is 17.7. The first-order valence-corrected chi connectivity index (χ1v) is 8.76. The lowest BCUT2D eigenvalue weighted by atomic mass is 9.81.